The number of nitrogens with zero attached hydrogens (tertiary/aromatic N) is 3. The molecule has 2 aliphatic heterocycles. The SMILES string of the molecule is C1=CC2(c3ccc(-c4cccc5cccnc45)nc3)CCN(C1)C2. The number of pyridine rings is 2. The first-order valence-electron chi connectivity index (χ1n) is 8.55. The second-order valence-electron chi connectivity index (χ2n) is 6.86. The molecule has 0 spiro atoms. The number of aromatic nitrogens is 2. The third-order valence-corrected chi connectivity index (χ3v) is 5.43. The lowest BCUT2D eigenvalue weighted by atomic mass is 9.79. The van der Waals surface area contributed by atoms with E-state index in [9.17, 15) is 0 Å². The van der Waals surface area contributed by atoms with Gasteiger partial charge in [-0.25, -0.2) is 0 Å². The molecule has 1 fully saturated rings. The molecule has 3 aromatic rings. The van der Waals surface area contributed by atoms with Gasteiger partial charge in [-0.2, -0.15) is 0 Å². The van der Waals surface area contributed by atoms with Gasteiger partial charge in [0.05, 0.1) is 11.2 Å². The van der Waals surface area contributed by atoms with Gasteiger partial charge in [0.2, 0.25) is 0 Å². The summed E-state index contributed by atoms with van der Waals surface area (Å²) in [5.41, 5.74) is 4.61. The third kappa shape index (κ3) is 2.09. The van der Waals surface area contributed by atoms with Crippen molar-refractivity contribution in [1.82, 2.24) is 14.9 Å². The van der Waals surface area contributed by atoms with E-state index in [2.05, 4.69) is 64.6 Å². The maximum Gasteiger partial charge on any atom is 0.0795 e. The van der Waals surface area contributed by atoms with Crippen LogP contribution in [0.1, 0.15) is 12.0 Å². The lowest BCUT2D eigenvalue weighted by molar-refractivity contribution is 0.345. The highest BCUT2D eigenvalue weighted by Gasteiger charge is 2.39. The van der Waals surface area contributed by atoms with E-state index in [1.807, 2.05) is 12.3 Å². The fourth-order valence-corrected chi connectivity index (χ4v) is 4.12. The number of fused-ring (bicyclic) bond motifs is 3. The van der Waals surface area contributed by atoms with Gasteiger partial charge in [0.1, 0.15) is 0 Å². The summed E-state index contributed by atoms with van der Waals surface area (Å²) in [6.45, 7) is 3.40. The fraction of sp³-hybridized carbons (Fsp3) is 0.238. The Morgan fingerprint density at radius 3 is 2.88 bits per heavy atom. The maximum atomic E-state index is 4.79. The van der Waals surface area contributed by atoms with Crippen LogP contribution in [0.5, 0.6) is 0 Å². The van der Waals surface area contributed by atoms with Crippen molar-refractivity contribution in [2.75, 3.05) is 19.6 Å². The average Bonchev–Trinajstić information content (AvgIpc) is 2.96. The van der Waals surface area contributed by atoms with Crippen LogP contribution in [0.4, 0.5) is 0 Å². The van der Waals surface area contributed by atoms with Crippen molar-refractivity contribution < 1.29 is 0 Å². The Labute approximate surface area is 141 Å². The summed E-state index contributed by atoms with van der Waals surface area (Å²) in [5, 5.41) is 1.15. The molecule has 0 N–H and O–H groups in total. The molecule has 0 saturated carbocycles. The largest absolute Gasteiger partial charge is 0.298 e. The lowest BCUT2D eigenvalue weighted by Crippen LogP contribution is -2.33. The quantitative estimate of drug-likeness (QED) is 0.674. The van der Waals surface area contributed by atoms with Crippen molar-refractivity contribution >= 4 is 10.9 Å². The van der Waals surface area contributed by atoms with Gasteiger partial charge in [0.15, 0.2) is 0 Å². The number of rotatable bonds is 2. The van der Waals surface area contributed by atoms with Crippen LogP contribution in [0, 0.1) is 0 Å². The second kappa shape index (κ2) is 5.25. The summed E-state index contributed by atoms with van der Waals surface area (Å²) < 4.78 is 0. The minimum Gasteiger partial charge on any atom is -0.298 e. The van der Waals surface area contributed by atoms with Gasteiger partial charge in [-0.05, 0) is 30.7 Å². The van der Waals surface area contributed by atoms with E-state index in [1.54, 1.807) is 0 Å². The normalized spacial score (nSPS) is 25.2. The van der Waals surface area contributed by atoms with Gasteiger partial charge in [0, 0.05) is 41.8 Å². The van der Waals surface area contributed by atoms with Gasteiger partial charge < -0.3 is 0 Å². The van der Waals surface area contributed by atoms with Crippen LogP contribution in [0.3, 0.4) is 0 Å². The minimum atomic E-state index is 0.167. The molecule has 1 saturated heterocycles. The minimum absolute atomic E-state index is 0.167. The summed E-state index contributed by atoms with van der Waals surface area (Å²) in [4.78, 5) is 11.9. The van der Waals surface area contributed by atoms with E-state index < -0.39 is 0 Å². The Morgan fingerprint density at radius 1 is 1.00 bits per heavy atom. The number of benzene rings is 1. The molecule has 0 aliphatic carbocycles. The molecule has 3 heteroatoms. The molecule has 1 aromatic carbocycles. The second-order valence-corrected chi connectivity index (χ2v) is 6.86. The Kier molecular flexibility index (Phi) is 3.03. The van der Waals surface area contributed by atoms with E-state index in [0.717, 1.165) is 35.2 Å². The molecule has 24 heavy (non-hydrogen) atoms. The van der Waals surface area contributed by atoms with Crippen molar-refractivity contribution in [2.45, 2.75) is 11.8 Å². The average molecular weight is 313 g/mol. The van der Waals surface area contributed by atoms with Crippen LogP contribution in [0.2, 0.25) is 0 Å². The van der Waals surface area contributed by atoms with Crippen LogP contribution < -0.4 is 0 Å². The number of hydrogen-bond donors (Lipinski definition) is 0. The zero-order valence-electron chi connectivity index (χ0n) is 13.5. The van der Waals surface area contributed by atoms with Crippen LogP contribution in [0.15, 0.2) is 67.0 Å². The highest BCUT2D eigenvalue weighted by Crippen LogP contribution is 2.38. The number of hydrogen-bond acceptors (Lipinski definition) is 3. The molecule has 2 unspecified atom stereocenters. The summed E-state index contributed by atoms with van der Waals surface area (Å²) in [6.07, 6.45) is 9.81. The lowest BCUT2D eigenvalue weighted by Gasteiger charge is -2.29. The maximum absolute atomic E-state index is 4.79. The topological polar surface area (TPSA) is 29.0 Å². The first kappa shape index (κ1) is 13.9. The molecule has 2 aliphatic rings. The Balaban J connectivity index is 1.57. The van der Waals surface area contributed by atoms with Gasteiger partial charge in [-0.1, -0.05) is 42.5 Å². The molecule has 118 valence electrons. The van der Waals surface area contributed by atoms with Gasteiger partial charge in [0.25, 0.3) is 0 Å². The molecule has 3 nitrogen and oxygen atoms in total. The molecular formula is C21H19N3. The predicted octanol–water partition coefficient (Wildman–Crippen LogP) is 3.81. The van der Waals surface area contributed by atoms with Crippen molar-refractivity contribution in [3.63, 3.8) is 0 Å². The summed E-state index contributed by atoms with van der Waals surface area (Å²) >= 11 is 0. The molecule has 0 amide bonds. The molecule has 0 radical (unpaired) electrons. The van der Waals surface area contributed by atoms with Crippen LogP contribution in [0.25, 0.3) is 22.2 Å². The Bertz CT molecular complexity index is 924. The smallest absolute Gasteiger partial charge is 0.0795 e. The van der Waals surface area contributed by atoms with Gasteiger partial charge in [-0.15, -0.1) is 0 Å². The van der Waals surface area contributed by atoms with Crippen molar-refractivity contribution in [3.8, 4) is 11.3 Å². The third-order valence-electron chi connectivity index (χ3n) is 5.43. The highest BCUT2D eigenvalue weighted by atomic mass is 15.2. The molecule has 4 heterocycles. The molecule has 2 aromatic heterocycles. The van der Waals surface area contributed by atoms with E-state index in [1.165, 1.54) is 18.5 Å². The standard InChI is InChI=1S/C21H19N3/c1-4-16-5-2-11-22-20(16)18(6-1)19-8-7-17(14-23-19)21-9-3-12-24(15-21)13-10-21/h1-9,11,14H,10,12-13,15H2. The highest BCUT2D eigenvalue weighted by molar-refractivity contribution is 5.92. The summed E-state index contributed by atoms with van der Waals surface area (Å²) in [7, 11) is 0. The van der Waals surface area contributed by atoms with Crippen LogP contribution >= 0.6 is 0 Å². The number of para-hydroxylation sites is 1. The van der Waals surface area contributed by atoms with E-state index in [-0.39, 0.29) is 5.41 Å². The Morgan fingerprint density at radius 2 is 1.96 bits per heavy atom. The predicted molar refractivity (Wildman–Crippen MR) is 96.8 cm³/mol. The van der Waals surface area contributed by atoms with E-state index in [4.69, 9.17) is 4.98 Å². The van der Waals surface area contributed by atoms with E-state index >= 15 is 0 Å². The fourth-order valence-electron chi connectivity index (χ4n) is 4.12. The first-order chi connectivity index (χ1) is 11.8. The van der Waals surface area contributed by atoms with Crippen LogP contribution in [-0.2, 0) is 5.41 Å². The first-order valence-corrected chi connectivity index (χ1v) is 8.55. The van der Waals surface area contributed by atoms with Gasteiger partial charge >= 0.3 is 0 Å². The summed E-state index contributed by atoms with van der Waals surface area (Å²) in [5.74, 6) is 0. The summed E-state index contributed by atoms with van der Waals surface area (Å²) in [6, 6.07) is 14.8. The van der Waals surface area contributed by atoms with Crippen LogP contribution in [-0.4, -0.2) is 34.5 Å². The molecule has 2 atom stereocenters. The zero-order valence-corrected chi connectivity index (χ0v) is 13.5. The van der Waals surface area contributed by atoms with Crippen molar-refractivity contribution in [3.05, 3.63) is 72.6 Å². The zero-order chi connectivity index (χ0) is 16.0. The monoisotopic (exact) mass is 313 g/mol. The van der Waals surface area contributed by atoms with Gasteiger partial charge in [-0.3, -0.25) is 14.9 Å². The molecule has 5 rings (SSSR count). The molecule has 2 bridgehead atoms. The van der Waals surface area contributed by atoms with Crippen molar-refractivity contribution in [2.24, 2.45) is 0 Å². The Hall–Kier alpha value is -2.52. The van der Waals surface area contributed by atoms with E-state index in [0.29, 0.717) is 0 Å². The molecular weight excluding hydrogens is 294 g/mol. The van der Waals surface area contributed by atoms with Crippen molar-refractivity contribution in [1.29, 1.82) is 0 Å².